The second-order valence-electron chi connectivity index (χ2n) is 5.18. The van der Waals surface area contributed by atoms with Crippen molar-refractivity contribution in [2.24, 2.45) is 0 Å². The number of nitrogens with two attached hydrogens (primary N) is 1. The number of halogens is 1. The van der Waals surface area contributed by atoms with E-state index in [0.29, 0.717) is 16.4 Å². The maximum absolute atomic E-state index is 6.40. The molecule has 0 fully saturated rings. The van der Waals surface area contributed by atoms with Gasteiger partial charge in [-0.25, -0.2) is 0 Å². The number of anilines is 1. The Kier molecular flexibility index (Phi) is 3.09. The Hall–Kier alpha value is -2.79. The molecule has 2 aromatic heterocycles. The van der Waals surface area contributed by atoms with Crippen molar-refractivity contribution in [3.8, 4) is 16.9 Å². The summed E-state index contributed by atoms with van der Waals surface area (Å²) in [6.45, 7) is 0. The van der Waals surface area contributed by atoms with Gasteiger partial charge in [-0.2, -0.15) is 0 Å². The molecule has 0 aliphatic rings. The highest BCUT2D eigenvalue weighted by Gasteiger charge is 2.17. The summed E-state index contributed by atoms with van der Waals surface area (Å²) in [5, 5.41) is 9.69. The Balaban J connectivity index is 2.23. The molecular formula is C17H13ClN4O. The van der Waals surface area contributed by atoms with E-state index >= 15 is 0 Å². The minimum Gasteiger partial charge on any atom is -0.497 e. The minimum absolute atomic E-state index is 0.538. The number of aromatic nitrogens is 3. The molecule has 4 aromatic rings. The number of methoxy groups -OCH3 is 1. The van der Waals surface area contributed by atoms with Gasteiger partial charge in [0.25, 0.3) is 0 Å². The first-order chi connectivity index (χ1) is 11.2. The van der Waals surface area contributed by atoms with E-state index in [1.54, 1.807) is 13.4 Å². The van der Waals surface area contributed by atoms with Gasteiger partial charge >= 0.3 is 0 Å². The number of hydrogen-bond acceptors (Lipinski definition) is 4. The first-order valence-electron chi connectivity index (χ1n) is 7.04. The van der Waals surface area contributed by atoms with Crippen LogP contribution in [0.15, 0.2) is 48.8 Å². The van der Waals surface area contributed by atoms with Crippen molar-refractivity contribution < 1.29 is 4.74 Å². The summed E-state index contributed by atoms with van der Waals surface area (Å²) < 4.78 is 7.23. The molecule has 0 spiro atoms. The number of ether oxygens (including phenoxy) is 1. The number of hydrogen-bond donors (Lipinski definition) is 1. The number of pyridine rings is 1. The summed E-state index contributed by atoms with van der Waals surface area (Å²) in [6.07, 6.45) is 1.65. The number of nitrogen functional groups attached to an aromatic ring is 1. The van der Waals surface area contributed by atoms with E-state index in [-0.39, 0.29) is 0 Å². The highest BCUT2D eigenvalue weighted by atomic mass is 35.5. The van der Waals surface area contributed by atoms with E-state index < -0.39 is 0 Å². The van der Waals surface area contributed by atoms with Crippen LogP contribution in [-0.2, 0) is 0 Å². The van der Waals surface area contributed by atoms with Gasteiger partial charge in [0, 0.05) is 21.5 Å². The molecule has 23 heavy (non-hydrogen) atoms. The van der Waals surface area contributed by atoms with Gasteiger partial charge in [-0.3, -0.25) is 4.40 Å². The molecule has 2 N–H and O–H groups in total. The first kappa shape index (κ1) is 13.8. The molecule has 6 heteroatoms. The van der Waals surface area contributed by atoms with E-state index in [4.69, 9.17) is 22.1 Å². The van der Waals surface area contributed by atoms with Crippen LogP contribution in [0.25, 0.3) is 27.7 Å². The van der Waals surface area contributed by atoms with Gasteiger partial charge in [0.05, 0.1) is 18.3 Å². The lowest BCUT2D eigenvalue weighted by Crippen LogP contribution is -1.99. The maximum Gasteiger partial charge on any atom is 0.184 e. The predicted octanol–water partition coefficient (Wildman–Crippen LogP) is 3.79. The second kappa shape index (κ2) is 5.14. The molecule has 0 aliphatic heterocycles. The summed E-state index contributed by atoms with van der Waals surface area (Å²) in [5.74, 6) is 0.748. The van der Waals surface area contributed by atoms with E-state index in [9.17, 15) is 0 Å². The van der Waals surface area contributed by atoms with Crippen LogP contribution in [0, 0.1) is 0 Å². The third kappa shape index (κ3) is 2.01. The molecule has 114 valence electrons. The predicted molar refractivity (Wildman–Crippen MR) is 91.9 cm³/mol. The lowest BCUT2D eigenvalue weighted by atomic mass is 9.99. The van der Waals surface area contributed by atoms with Gasteiger partial charge in [0.1, 0.15) is 12.1 Å². The van der Waals surface area contributed by atoms with Gasteiger partial charge in [-0.05, 0) is 24.3 Å². The summed E-state index contributed by atoms with van der Waals surface area (Å²) in [6, 6.07) is 13.4. The quantitative estimate of drug-likeness (QED) is 0.609. The molecule has 2 heterocycles. The monoisotopic (exact) mass is 324 g/mol. The SMILES string of the molecule is COc1ccc2c(c1)c(-c1ccccc1Cl)c(N)c1nncn12. The lowest BCUT2D eigenvalue weighted by molar-refractivity contribution is 0.415. The molecule has 0 aliphatic carbocycles. The third-order valence-corrected chi connectivity index (χ3v) is 4.26. The van der Waals surface area contributed by atoms with E-state index in [1.165, 1.54) is 0 Å². The van der Waals surface area contributed by atoms with Gasteiger partial charge in [0.2, 0.25) is 0 Å². The Morgan fingerprint density at radius 3 is 2.78 bits per heavy atom. The molecule has 0 unspecified atom stereocenters. The maximum atomic E-state index is 6.40. The molecule has 0 atom stereocenters. The Labute approximate surface area is 137 Å². The Bertz CT molecular complexity index is 1040. The zero-order valence-corrected chi connectivity index (χ0v) is 13.1. The number of benzene rings is 2. The average Bonchev–Trinajstić information content (AvgIpc) is 3.06. The fourth-order valence-electron chi connectivity index (χ4n) is 2.86. The molecule has 0 radical (unpaired) electrons. The number of nitrogens with zero attached hydrogens (tertiary/aromatic N) is 3. The number of fused-ring (bicyclic) bond motifs is 3. The summed E-state index contributed by atoms with van der Waals surface area (Å²) in [5.41, 5.74) is 10.2. The zero-order chi connectivity index (χ0) is 16.0. The molecule has 4 rings (SSSR count). The summed E-state index contributed by atoms with van der Waals surface area (Å²) >= 11 is 6.40. The molecule has 0 saturated carbocycles. The van der Waals surface area contributed by atoms with Crippen molar-refractivity contribution in [3.05, 3.63) is 53.8 Å². The van der Waals surface area contributed by atoms with Crippen LogP contribution in [0.3, 0.4) is 0 Å². The summed E-state index contributed by atoms with van der Waals surface area (Å²) in [7, 11) is 1.64. The van der Waals surface area contributed by atoms with Gasteiger partial charge < -0.3 is 10.5 Å². The van der Waals surface area contributed by atoms with Gasteiger partial charge in [-0.1, -0.05) is 29.8 Å². The minimum atomic E-state index is 0.538. The van der Waals surface area contributed by atoms with Crippen molar-refractivity contribution in [2.45, 2.75) is 0 Å². The van der Waals surface area contributed by atoms with Crippen molar-refractivity contribution >= 4 is 33.8 Å². The molecular weight excluding hydrogens is 312 g/mol. The highest BCUT2D eigenvalue weighted by Crippen LogP contribution is 2.40. The first-order valence-corrected chi connectivity index (χ1v) is 7.42. The van der Waals surface area contributed by atoms with E-state index in [0.717, 1.165) is 27.8 Å². The average molecular weight is 325 g/mol. The standard InChI is InChI=1S/C17H13ClN4O/c1-23-10-6-7-14-12(8-10)15(11-4-2-3-5-13(11)18)16(19)17-21-20-9-22(14)17/h2-9H,19H2,1H3. The second-order valence-corrected chi connectivity index (χ2v) is 5.58. The lowest BCUT2D eigenvalue weighted by Gasteiger charge is -2.14. The molecule has 5 nitrogen and oxygen atoms in total. The van der Waals surface area contributed by atoms with Crippen molar-refractivity contribution in [1.82, 2.24) is 14.6 Å². The topological polar surface area (TPSA) is 65.4 Å². The van der Waals surface area contributed by atoms with Crippen LogP contribution in [-0.4, -0.2) is 21.7 Å². The van der Waals surface area contributed by atoms with Crippen molar-refractivity contribution in [3.63, 3.8) is 0 Å². The zero-order valence-electron chi connectivity index (χ0n) is 12.3. The largest absolute Gasteiger partial charge is 0.497 e. The molecule has 2 aromatic carbocycles. The van der Waals surface area contributed by atoms with Crippen LogP contribution in [0.5, 0.6) is 5.75 Å². The van der Waals surface area contributed by atoms with Crippen molar-refractivity contribution in [2.75, 3.05) is 12.8 Å². The highest BCUT2D eigenvalue weighted by molar-refractivity contribution is 6.34. The van der Waals surface area contributed by atoms with Crippen LogP contribution in [0.2, 0.25) is 5.02 Å². The fourth-order valence-corrected chi connectivity index (χ4v) is 3.09. The van der Waals surface area contributed by atoms with Crippen LogP contribution < -0.4 is 10.5 Å². The van der Waals surface area contributed by atoms with Crippen LogP contribution in [0.4, 0.5) is 5.69 Å². The Morgan fingerprint density at radius 1 is 1.17 bits per heavy atom. The smallest absolute Gasteiger partial charge is 0.184 e. The van der Waals surface area contributed by atoms with Gasteiger partial charge in [0.15, 0.2) is 5.65 Å². The Morgan fingerprint density at radius 2 is 2.00 bits per heavy atom. The van der Waals surface area contributed by atoms with Crippen LogP contribution in [0.1, 0.15) is 0 Å². The summed E-state index contributed by atoms with van der Waals surface area (Å²) in [4.78, 5) is 0. The van der Waals surface area contributed by atoms with E-state index in [2.05, 4.69) is 10.2 Å². The molecule has 0 bridgehead atoms. The third-order valence-electron chi connectivity index (χ3n) is 3.93. The normalized spacial score (nSPS) is 11.2. The van der Waals surface area contributed by atoms with Crippen molar-refractivity contribution in [1.29, 1.82) is 0 Å². The molecule has 0 amide bonds. The number of rotatable bonds is 2. The van der Waals surface area contributed by atoms with Gasteiger partial charge in [-0.15, -0.1) is 10.2 Å². The molecule has 0 saturated heterocycles. The fraction of sp³-hybridized carbons (Fsp3) is 0.0588. The van der Waals surface area contributed by atoms with Crippen LogP contribution >= 0.6 is 11.6 Å². The van der Waals surface area contributed by atoms with E-state index in [1.807, 2.05) is 46.9 Å².